The second-order valence-corrected chi connectivity index (χ2v) is 3.65. The van der Waals surface area contributed by atoms with Crippen molar-refractivity contribution in [2.75, 3.05) is 12.8 Å². The Labute approximate surface area is 114 Å². The van der Waals surface area contributed by atoms with Gasteiger partial charge in [0.25, 0.3) is 0 Å². The maximum Gasteiger partial charge on any atom is 0.250 e. The molecule has 0 amide bonds. The summed E-state index contributed by atoms with van der Waals surface area (Å²) >= 11 is 5.45. The van der Waals surface area contributed by atoms with Crippen LogP contribution in [0.3, 0.4) is 0 Å². The van der Waals surface area contributed by atoms with Gasteiger partial charge in [-0.1, -0.05) is 17.7 Å². The van der Waals surface area contributed by atoms with Crippen LogP contribution < -0.4 is 10.5 Å². The van der Waals surface area contributed by atoms with E-state index in [4.69, 9.17) is 17.3 Å². The zero-order valence-corrected chi connectivity index (χ0v) is 10.8. The van der Waals surface area contributed by atoms with Gasteiger partial charge in [0.05, 0.1) is 7.11 Å². The molecule has 19 heavy (non-hydrogen) atoms. The number of carbonyl (C=O) groups excluding carboxylic acids is 1. The van der Waals surface area contributed by atoms with Crippen LogP contribution in [0, 0.1) is 5.82 Å². The summed E-state index contributed by atoms with van der Waals surface area (Å²) in [6.45, 7) is 0. The van der Waals surface area contributed by atoms with Crippen LogP contribution in [-0.4, -0.2) is 23.4 Å². The lowest BCUT2D eigenvalue weighted by atomic mass is 10.3. The molecule has 0 saturated heterocycles. The third kappa shape index (κ3) is 4.89. The minimum Gasteiger partial charge on any atom is -0.479 e. The summed E-state index contributed by atoms with van der Waals surface area (Å²) in [6, 6.07) is 6.19. The number of aromatic nitrogens is 2. The quantitative estimate of drug-likeness (QED) is 0.676. The monoisotopic (exact) mass is 283 g/mol. The standard InChI is InChI=1S/C7H6FNO2.C5H5ClN2/c1-11-7-6(8)2-5(4-10)3-9-7;6-4-2-1-3-5(7)8-4/h2-4H,1H3;1-3H,(H2,7,8). The van der Waals surface area contributed by atoms with Crippen LogP contribution in [-0.2, 0) is 0 Å². The van der Waals surface area contributed by atoms with Crippen molar-refractivity contribution in [1.29, 1.82) is 0 Å². The molecule has 0 unspecified atom stereocenters. The average Bonchev–Trinajstić information content (AvgIpc) is 2.39. The largest absolute Gasteiger partial charge is 0.479 e. The lowest BCUT2D eigenvalue weighted by Crippen LogP contribution is -1.93. The molecule has 0 atom stereocenters. The lowest BCUT2D eigenvalue weighted by Gasteiger charge is -1.98. The summed E-state index contributed by atoms with van der Waals surface area (Å²) in [7, 11) is 1.31. The van der Waals surface area contributed by atoms with Gasteiger partial charge in [-0.25, -0.2) is 14.4 Å². The van der Waals surface area contributed by atoms with Gasteiger partial charge < -0.3 is 10.5 Å². The minimum atomic E-state index is -0.628. The zero-order chi connectivity index (χ0) is 14.3. The summed E-state index contributed by atoms with van der Waals surface area (Å²) < 4.78 is 17.2. The Bertz CT molecular complexity index is 549. The number of halogens is 2. The molecule has 2 rings (SSSR count). The number of hydrogen-bond acceptors (Lipinski definition) is 5. The molecule has 0 saturated carbocycles. The molecular formula is C12H11ClFN3O2. The maximum absolute atomic E-state index is 12.7. The van der Waals surface area contributed by atoms with Crippen LogP contribution >= 0.6 is 11.6 Å². The first-order valence-corrected chi connectivity index (χ1v) is 5.47. The number of rotatable bonds is 2. The third-order valence-corrected chi connectivity index (χ3v) is 2.11. The summed E-state index contributed by atoms with van der Waals surface area (Å²) in [5.74, 6) is -0.273. The molecule has 0 bridgehead atoms. The van der Waals surface area contributed by atoms with Crippen molar-refractivity contribution in [3.8, 4) is 5.88 Å². The Kier molecular flexibility index (Phi) is 5.69. The van der Waals surface area contributed by atoms with Crippen LogP contribution in [0.15, 0.2) is 30.5 Å². The van der Waals surface area contributed by atoms with Gasteiger partial charge in [-0.3, -0.25) is 4.79 Å². The molecule has 100 valence electrons. The van der Waals surface area contributed by atoms with E-state index in [9.17, 15) is 9.18 Å². The van der Waals surface area contributed by atoms with Crippen molar-refractivity contribution in [2.24, 2.45) is 0 Å². The summed E-state index contributed by atoms with van der Waals surface area (Å²) in [5.41, 5.74) is 5.46. The number of carbonyl (C=O) groups is 1. The maximum atomic E-state index is 12.7. The van der Waals surface area contributed by atoms with Crippen molar-refractivity contribution in [3.63, 3.8) is 0 Å². The minimum absolute atomic E-state index is 0.101. The second-order valence-electron chi connectivity index (χ2n) is 3.26. The number of methoxy groups -OCH3 is 1. The molecule has 0 radical (unpaired) electrons. The van der Waals surface area contributed by atoms with Gasteiger partial charge in [-0.05, 0) is 18.2 Å². The number of nitrogens with zero attached hydrogens (tertiary/aromatic N) is 2. The van der Waals surface area contributed by atoms with E-state index < -0.39 is 5.82 Å². The van der Waals surface area contributed by atoms with Gasteiger partial charge in [0.15, 0.2) is 12.1 Å². The first-order chi connectivity index (χ1) is 9.06. The number of pyridine rings is 2. The number of anilines is 1. The van der Waals surface area contributed by atoms with Gasteiger partial charge in [0, 0.05) is 11.8 Å². The fraction of sp³-hybridized carbons (Fsp3) is 0.0833. The molecular weight excluding hydrogens is 273 g/mol. The van der Waals surface area contributed by atoms with Gasteiger partial charge in [-0.15, -0.1) is 0 Å². The molecule has 0 aromatic carbocycles. The van der Waals surface area contributed by atoms with E-state index in [0.717, 1.165) is 6.07 Å². The second kappa shape index (κ2) is 7.27. The highest BCUT2D eigenvalue weighted by Crippen LogP contribution is 2.12. The fourth-order valence-corrected chi connectivity index (χ4v) is 1.25. The Hall–Kier alpha value is -2.21. The molecule has 5 nitrogen and oxygen atoms in total. The van der Waals surface area contributed by atoms with Gasteiger partial charge >= 0.3 is 0 Å². The highest BCUT2D eigenvalue weighted by Gasteiger charge is 2.03. The van der Waals surface area contributed by atoms with E-state index in [2.05, 4.69) is 14.7 Å². The topological polar surface area (TPSA) is 78.1 Å². The molecule has 2 N–H and O–H groups in total. The van der Waals surface area contributed by atoms with E-state index >= 15 is 0 Å². The van der Waals surface area contributed by atoms with Crippen LogP contribution in [0.4, 0.5) is 10.2 Å². The van der Waals surface area contributed by atoms with Crippen LogP contribution in [0.5, 0.6) is 5.88 Å². The molecule has 0 aliphatic heterocycles. The first kappa shape index (κ1) is 14.8. The van der Waals surface area contributed by atoms with Crippen molar-refractivity contribution >= 4 is 23.7 Å². The van der Waals surface area contributed by atoms with Crippen LogP contribution in [0.1, 0.15) is 10.4 Å². The Morgan fingerprint density at radius 3 is 2.63 bits per heavy atom. The first-order valence-electron chi connectivity index (χ1n) is 5.09. The zero-order valence-electron chi connectivity index (χ0n) is 10.0. The van der Waals surface area contributed by atoms with Crippen molar-refractivity contribution in [2.45, 2.75) is 0 Å². The predicted octanol–water partition coefficient (Wildman–Crippen LogP) is 2.36. The Morgan fingerprint density at radius 2 is 2.21 bits per heavy atom. The third-order valence-electron chi connectivity index (χ3n) is 1.89. The van der Waals surface area contributed by atoms with Crippen molar-refractivity contribution in [3.05, 3.63) is 47.0 Å². The molecule has 0 aliphatic carbocycles. The van der Waals surface area contributed by atoms with E-state index in [0.29, 0.717) is 17.3 Å². The summed E-state index contributed by atoms with van der Waals surface area (Å²) in [5, 5.41) is 0.435. The van der Waals surface area contributed by atoms with Crippen LogP contribution in [0.25, 0.3) is 0 Å². The molecule has 0 fully saturated rings. The summed E-state index contributed by atoms with van der Waals surface area (Å²) in [6.07, 6.45) is 1.77. The normalized spacial score (nSPS) is 9.21. The van der Waals surface area contributed by atoms with Crippen LogP contribution in [0.2, 0.25) is 5.15 Å². The van der Waals surface area contributed by atoms with Gasteiger partial charge in [-0.2, -0.15) is 0 Å². The SMILES string of the molecule is COc1ncc(C=O)cc1F.Nc1cccc(Cl)n1. The highest BCUT2D eigenvalue weighted by atomic mass is 35.5. The molecule has 7 heteroatoms. The Morgan fingerprint density at radius 1 is 1.47 bits per heavy atom. The molecule has 2 aromatic heterocycles. The average molecular weight is 284 g/mol. The smallest absolute Gasteiger partial charge is 0.250 e. The van der Waals surface area contributed by atoms with Gasteiger partial charge in [0.2, 0.25) is 5.88 Å². The Balaban J connectivity index is 0.000000200. The lowest BCUT2D eigenvalue weighted by molar-refractivity contribution is 0.112. The number of nitrogen functional groups attached to an aromatic ring is 1. The molecule has 2 aromatic rings. The molecule has 0 aliphatic rings. The molecule has 2 heterocycles. The van der Waals surface area contributed by atoms with Crippen molar-refractivity contribution in [1.82, 2.24) is 9.97 Å². The van der Waals surface area contributed by atoms with E-state index in [1.54, 1.807) is 18.2 Å². The fourth-order valence-electron chi connectivity index (χ4n) is 1.08. The summed E-state index contributed by atoms with van der Waals surface area (Å²) in [4.78, 5) is 17.4. The van der Waals surface area contributed by atoms with Crippen molar-refractivity contribution < 1.29 is 13.9 Å². The number of hydrogen-bond donors (Lipinski definition) is 1. The predicted molar refractivity (Wildman–Crippen MR) is 69.8 cm³/mol. The van der Waals surface area contributed by atoms with E-state index in [1.807, 2.05) is 0 Å². The number of nitrogens with two attached hydrogens (primary N) is 1. The van der Waals surface area contributed by atoms with E-state index in [1.165, 1.54) is 13.3 Å². The number of ether oxygens (including phenoxy) is 1. The molecule has 0 spiro atoms. The highest BCUT2D eigenvalue weighted by molar-refractivity contribution is 6.29. The van der Waals surface area contributed by atoms with E-state index in [-0.39, 0.29) is 11.4 Å². The van der Waals surface area contributed by atoms with Gasteiger partial charge in [0.1, 0.15) is 11.0 Å². The number of aldehydes is 1.